The fraction of sp³-hybridized carbons (Fsp3) is 0.412. The Hall–Kier alpha value is -2.50. The maximum absolute atomic E-state index is 12.2. The molecule has 1 fully saturated rings. The minimum absolute atomic E-state index is 0.179. The highest BCUT2D eigenvalue weighted by atomic mass is 16.1. The summed E-state index contributed by atoms with van der Waals surface area (Å²) >= 11 is 0. The van der Waals surface area contributed by atoms with E-state index in [0.717, 1.165) is 36.6 Å². The summed E-state index contributed by atoms with van der Waals surface area (Å²) < 4.78 is 0. The molecule has 0 aliphatic carbocycles. The highest BCUT2D eigenvalue weighted by Gasteiger charge is 2.14. The minimum Gasteiger partial charge on any atom is -0.357 e. The second kappa shape index (κ2) is 7.17. The van der Waals surface area contributed by atoms with Crippen molar-refractivity contribution in [2.24, 2.45) is 0 Å². The smallest absolute Gasteiger partial charge is 0.270 e. The molecule has 0 saturated carbocycles. The van der Waals surface area contributed by atoms with Crippen molar-refractivity contribution in [3.63, 3.8) is 0 Å². The van der Waals surface area contributed by atoms with Crippen LogP contribution in [0.2, 0.25) is 0 Å². The van der Waals surface area contributed by atoms with Crippen molar-refractivity contribution in [3.05, 3.63) is 47.7 Å². The van der Waals surface area contributed by atoms with E-state index >= 15 is 0 Å². The second-order valence-corrected chi connectivity index (χ2v) is 5.65. The number of carbonyl (C=O) groups excluding carboxylic acids is 1. The highest BCUT2D eigenvalue weighted by molar-refractivity contribution is 5.92. The number of anilines is 1. The fourth-order valence-electron chi connectivity index (χ4n) is 2.68. The van der Waals surface area contributed by atoms with Crippen LogP contribution in [0, 0.1) is 0 Å². The molecule has 3 rings (SSSR count). The number of hydrogen-bond acceptors (Lipinski definition) is 5. The lowest BCUT2D eigenvalue weighted by Crippen LogP contribution is -2.24. The molecule has 0 bridgehead atoms. The molecule has 0 aromatic carbocycles. The maximum atomic E-state index is 12.2. The van der Waals surface area contributed by atoms with E-state index in [2.05, 4.69) is 25.2 Å². The van der Waals surface area contributed by atoms with Crippen molar-refractivity contribution >= 4 is 11.7 Å². The van der Waals surface area contributed by atoms with E-state index in [1.165, 1.54) is 19.2 Å². The van der Waals surface area contributed by atoms with E-state index in [4.69, 9.17) is 0 Å². The van der Waals surface area contributed by atoms with E-state index in [1.54, 1.807) is 12.3 Å². The topological polar surface area (TPSA) is 71.0 Å². The van der Waals surface area contributed by atoms with Gasteiger partial charge in [-0.05, 0) is 43.0 Å². The molecular formula is C17H21N5O. The Labute approximate surface area is 136 Å². The molecule has 3 heterocycles. The standard InChI is InChI=1S/C17H21N5O/c1-2-14-10-15(21-12-20-14)17(23)19-11-13-5-6-18-16(9-13)22-7-3-4-8-22/h5-6,9-10,12H,2-4,7-8,11H2,1H3,(H,19,23). The van der Waals surface area contributed by atoms with Gasteiger partial charge in [-0.15, -0.1) is 0 Å². The molecule has 120 valence electrons. The second-order valence-electron chi connectivity index (χ2n) is 5.65. The summed E-state index contributed by atoms with van der Waals surface area (Å²) in [6.07, 6.45) is 6.46. The first-order valence-electron chi connectivity index (χ1n) is 8.05. The van der Waals surface area contributed by atoms with E-state index in [9.17, 15) is 4.79 Å². The number of pyridine rings is 1. The lowest BCUT2D eigenvalue weighted by atomic mass is 10.2. The monoisotopic (exact) mass is 311 g/mol. The van der Waals surface area contributed by atoms with Crippen LogP contribution >= 0.6 is 0 Å². The Morgan fingerprint density at radius 3 is 2.83 bits per heavy atom. The Morgan fingerprint density at radius 2 is 2.04 bits per heavy atom. The van der Waals surface area contributed by atoms with Gasteiger partial charge in [-0.3, -0.25) is 4.79 Å². The highest BCUT2D eigenvalue weighted by Crippen LogP contribution is 2.18. The number of nitrogens with one attached hydrogen (secondary N) is 1. The van der Waals surface area contributed by atoms with Gasteiger partial charge in [-0.1, -0.05) is 6.92 Å². The van der Waals surface area contributed by atoms with Crippen LogP contribution in [0.5, 0.6) is 0 Å². The van der Waals surface area contributed by atoms with Crippen LogP contribution in [0.15, 0.2) is 30.7 Å². The average Bonchev–Trinajstić information content (AvgIpc) is 3.14. The molecule has 1 N–H and O–H groups in total. The molecule has 1 aliphatic rings. The van der Waals surface area contributed by atoms with Crippen LogP contribution in [-0.2, 0) is 13.0 Å². The zero-order valence-corrected chi connectivity index (χ0v) is 13.3. The summed E-state index contributed by atoms with van der Waals surface area (Å²) in [5, 5.41) is 2.91. The molecule has 2 aromatic heterocycles. The molecule has 0 atom stereocenters. The van der Waals surface area contributed by atoms with Gasteiger partial charge in [0.05, 0.1) is 0 Å². The van der Waals surface area contributed by atoms with Gasteiger partial charge in [-0.2, -0.15) is 0 Å². The third-order valence-electron chi connectivity index (χ3n) is 4.01. The van der Waals surface area contributed by atoms with Crippen molar-refractivity contribution < 1.29 is 4.79 Å². The van der Waals surface area contributed by atoms with Crippen molar-refractivity contribution in [2.45, 2.75) is 32.7 Å². The van der Waals surface area contributed by atoms with Crippen molar-refractivity contribution in [2.75, 3.05) is 18.0 Å². The summed E-state index contributed by atoms with van der Waals surface area (Å²) in [6.45, 7) is 4.58. The van der Waals surface area contributed by atoms with Crippen molar-refractivity contribution in [1.29, 1.82) is 0 Å². The number of hydrogen-bond donors (Lipinski definition) is 1. The molecule has 23 heavy (non-hydrogen) atoms. The van der Waals surface area contributed by atoms with Crippen LogP contribution in [0.25, 0.3) is 0 Å². The molecule has 6 nitrogen and oxygen atoms in total. The fourth-order valence-corrected chi connectivity index (χ4v) is 2.68. The van der Waals surface area contributed by atoms with Crippen LogP contribution in [0.4, 0.5) is 5.82 Å². The molecule has 1 saturated heterocycles. The molecule has 1 amide bonds. The summed E-state index contributed by atoms with van der Waals surface area (Å²) in [5.74, 6) is 0.811. The van der Waals surface area contributed by atoms with Crippen molar-refractivity contribution in [1.82, 2.24) is 20.3 Å². The minimum atomic E-state index is -0.179. The zero-order chi connectivity index (χ0) is 16.1. The first-order valence-corrected chi connectivity index (χ1v) is 8.05. The third kappa shape index (κ3) is 3.83. The van der Waals surface area contributed by atoms with Gasteiger partial charge in [0.1, 0.15) is 17.8 Å². The van der Waals surface area contributed by atoms with Gasteiger partial charge in [0.15, 0.2) is 0 Å². The van der Waals surface area contributed by atoms with Crippen LogP contribution in [0.3, 0.4) is 0 Å². The quantitative estimate of drug-likeness (QED) is 0.914. The molecule has 6 heteroatoms. The van der Waals surface area contributed by atoms with E-state index in [0.29, 0.717) is 12.2 Å². The largest absolute Gasteiger partial charge is 0.357 e. The molecule has 0 spiro atoms. The molecule has 0 radical (unpaired) electrons. The average molecular weight is 311 g/mol. The molecule has 0 unspecified atom stereocenters. The van der Waals surface area contributed by atoms with Gasteiger partial charge in [0.25, 0.3) is 5.91 Å². The van der Waals surface area contributed by atoms with Crippen molar-refractivity contribution in [3.8, 4) is 0 Å². The lowest BCUT2D eigenvalue weighted by Gasteiger charge is -2.17. The number of rotatable bonds is 5. The van der Waals surface area contributed by atoms with Crippen LogP contribution < -0.4 is 10.2 Å². The summed E-state index contributed by atoms with van der Waals surface area (Å²) in [4.78, 5) is 27.0. The summed E-state index contributed by atoms with van der Waals surface area (Å²) in [7, 11) is 0. The predicted octanol–water partition coefficient (Wildman–Crippen LogP) is 1.96. The third-order valence-corrected chi connectivity index (χ3v) is 4.01. The molecule has 2 aromatic rings. The number of nitrogens with zero attached hydrogens (tertiary/aromatic N) is 4. The SMILES string of the molecule is CCc1cc(C(=O)NCc2ccnc(N3CCCC3)c2)ncn1. The van der Waals surface area contributed by atoms with E-state index in [1.807, 2.05) is 19.1 Å². The van der Waals surface area contributed by atoms with Gasteiger partial charge in [-0.25, -0.2) is 15.0 Å². The molecule has 1 aliphatic heterocycles. The predicted molar refractivity (Wildman–Crippen MR) is 88.3 cm³/mol. The Bertz CT molecular complexity index is 682. The number of aromatic nitrogens is 3. The Balaban J connectivity index is 1.63. The number of carbonyl (C=O) groups is 1. The number of aryl methyl sites for hydroxylation is 1. The van der Waals surface area contributed by atoms with Gasteiger partial charge in [0.2, 0.25) is 0 Å². The van der Waals surface area contributed by atoms with E-state index < -0.39 is 0 Å². The summed E-state index contributed by atoms with van der Waals surface area (Å²) in [6, 6.07) is 5.71. The van der Waals surface area contributed by atoms with Gasteiger partial charge >= 0.3 is 0 Å². The number of amides is 1. The van der Waals surface area contributed by atoms with Crippen LogP contribution in [-0.4, -0.2) is 33.9 Å². The maximum Gasteiger partial charge on any atom is 0.270 e. The van der Waals surface area contributed by atoms with E-state index in [-0.39, 0.29) is 5.91 Å². The van der Waals surface area contributed by atoms with Crippen LogP contribution in [0.1, 0.15) is 41.5 Å². The Morgan fingerprint density at radius 1 is 1.22 bits per heavy atom. The zero-order valence-electron chi connectivity index (χ0n) is 13.3. The first-order chi connectivity index (χ1) is 11.3. The van der Waals surface area contributed by atoms with Gasteiger partial charge in [0, 0.05) is 31.5 Å². The summed E-state index contributed by atoms with van der Waals surface area (Å²) in [5.41, 5.74) is 2.32. The van der Waals surface area contributed by atoms with Gasteiger partial charge < -0.3 is 10.2 Å². The normalized spacial score (nSPS) is 14.0. The molecular weight excluding hydrogens is 290 g/mol. The Kier molecular flexibility index (Phi) is 4.80. The first kappa shape index (κ1) is 15.4. The lowest BCUT2D eigenvalue weighted by molar-refractivity contribution is 0.0945.